The summed E-state index contributed by atoms with van der Waals surface area (Å²) in [6.07, 6.45) is 2.65. The summed E-state index contributed by atoms with van der Waals surface area (Å²) in [6, 6.07) is 7.60. The van der Waals surface area contributed by atoms with Crippen molar-refractivity contribution in [2.45, 2.75) is 32.7 Å². The summed E-state index contributed by atoms with van der Waals surface area (Å²) in [4.78, 5) is 47.8. The van der Waals surface area contributed by atoms with Gasteiger partial charge in [0.1, 0.15) is 23.6 Å². The molecule has 212 valence electrons. The van der Waals surface area contributed by atoms with Gasteiger partial charge in [0.05, 0.1) is 28.9 Å². The summed E-state index contributed by atoms with van der Waals surface area (Å²) >= 11 is 6.74. The molecule has 5 rings (SSSR count). The Balaban J connectivity index is 1.83. The van der Waals surface area contributed by atoms with Crippen molar-refractivity contribution in [3.05, 3.63) is 76.3 Å². The molecule has 0 N–H and O–H groups in total. The molecule has 1 aliphatic heterocycles. The van der Waals surface area contributed by atoms with Gasteiger partial charge in [-0.25, -0.2) is 23.7 Å². The number of aromatic nitrogens is 5. The highest BCUT2D eigenvalue weighted by Crippen LogP contribution is 2.37. The molecule has 0 spiro atoms. The van der Waals surface area contributed by atoms with Crippen LogP contribution in [0.1, 0.15) is 32.4 Å². The average molecular weight is 578 g/mol. The number of hydrogen-bond donors (Lipinski definition) is 0. The van der Waals surface area contributed by atoms with Crippen LogP contribution in [0.3, 0.4) is 0 Å². The van der Waals surface area contributed by atoms with Crippen molar-refractivity contribution in [2.75, 3.05) is 31.6 Å². The number of amides is 1. The molecule has 4 heterocycles. The van der Waals surface area contributed by atoms with E-state index in [0.29, 0.717) is 42.2 Å². The largest absolute Gasteiger partial charge is 0.479 e. The maximum Gasteiger partial charge on any atom is 0.356 e. The van der Waals surface area contributed by atoms with E-state index in [9.17, 15) is 14.0 Å². The molecule has 0 radical (unpaired) electrons. The quantitative estimate of drug-likeness (QED) is 0.311. The molecule has 12 heteroatoms. The van der Waals surface area contributed by atoms with Crippen LogP contribution >= 0.6 is 11.6 Å². The van der Waals surface area contributed by atoms with Gasteiger partial charge in [0.2, 0.25) is 11.8 Å². The first-order chi connectivity index (χ1) is 19.7. The highest BCUT2D eigenvalue weighted by molar-refractivity contribution is 6.33. The van der Waals surface area contributed by atoms with Crippen molar-refractivity contribution in [3.63, 3.8) is 0 Å². The third-order valence-corrected chi connectivity index (χ3v) is 7.39. The topological polar surface area (TPSA) is 106 Å². The van der Waals surface area contributed by atoms with Crippen molar-refractivity contribution >= 4 is 34.4 Å². The molecule has 4 aromatic rings. The number of hydrogen-bond acceptors (Lipinski definition) is 8. The second kappa shape index (κ2) is 11.2. The van der Waals surface area contributed by atoms with E-state index in [-0.39, 0.29) is 45.7 Å². The third kappa shape index (κ3) is 5.01. The number of nitrogens with zero attached hydrogens (tertiary/aromatic N) is 7. The second-order valence-electron chi connectivity index (χ2n) is 10.0. The predicted molar refractivity (Wildman–Crippen MR) is 155 cm³/mol. The maximum absolute atomic E-state index is 14.9. The lowest BCUT2D eigenvalue weighted by Gasteiger charge is -2.40. The van der Waals surface area contributed by atoms with Gasteiger partial charge in [0, 0.05) is 31.2 Å². The molecule has 1 saturated heterocycles. The van der Waals surface area contributed by atoms with E-state index in [1.54, 1.807) is 29.2 Å². The van der Waals surface area contributed by atoms with Gasteiger partial charge in [0.15, 0.2) is 5.65 Å². The van der Waals surface area contributed by atoms with E-state index in [1.165, 1.54) is 30.1 Å². The highest BCUT2D eigenvalue weighted by Gasteiger charge is 2.31. The summed E-state index contributed by atoms with van der Waals surface area (Å²) in [6.45, 7) is 10.6. The van der Waals surface area contributed by atoms with Crippen LogP contribution in [0.25, 0.3) is 28.0 Å². The fourth-order valence-corrected chi connectivity index (χ4v) is 5.38. The van der Waals surface area contributed by atoms with E-state index in [2.05, 4.69) is 21.5 Å². The Labute approximate surface area is 241 Å². The first-order valence-corrected chi connectivity index (χ1v) is 13.5. The van der Waals surface area contributed by atoms with E-state index in [0.717, 1.165) is 0 Å². The maximum atomic E-state index is 14.9. The van der Waals surface area contributed by atoms with Crippen molar-refractivity contribution < 1.29 is 13.9 Å². The van der Waals surface area contributed by atoms with Gasteiger partial charge in [0.25, 0.3) is 0 Å². The number of anilines is 1. The molecule has 41 heavy (non-hydrogen) atoms. The Kier molecular flexibility index (Phi) is 7.72. The minimum absolute atomic E-state index is 0.114. The number of methoxy groups -OCH3 is 1. The predicted octanol–water partition coefficient (Wildman–Crippen LogP) is 4.39. The fraction of sp³-hybridized carbons (Fsp3) is 0.310. The molecular weight excluding hydrogens is 549 g/mol. The van der Waals surface area contributed by atoms with Crippen LogP contribution in [0, 0.1) is 5.82 Å². The minimum atomic E-state index is -0.645. The molecule has 10 nitrogen and oxygen atoms in total. The molecule has 1 atom stereocenters. The van der Waals surface area contributed by atoms with Crippen molar-refractivity contribution in [3.8, 4) is 22.8 Å². The number of carbonyl (C=O) groups excluding carboxylic acids is 1. The molecule has 3 aromatic heterocycles. The van der Waals surface area contributed by atoms with E-state index in [1.807, 2.05) is 25.7 Å². The van der Waals surface area contributed by atoms with E-state index < -0.39 is 11.5 Å². The Morgan fingerprint density at radius 1 is 1.22 bits per heavy atom. The lowest BCUT2D eigenvalue weighted by atomic mass is 10.1. The van der Waals surface area contributed by atoms with Crippen LogP contribution in [0.4, 0.5) is 10.2 Å². The van der Waals surface area contributed by atoms with E-state index >= 15 is 0 Å². The van der Waals surface area contributed by atoms with Gasteiger partial charge in [-0.3, -0.25) is 4.79 Å². The third-order valence-electron chi connectivity index (χ3n) is 7.10. The molecule has 0 bridgehead atoms. The smallest absolute Gasteiger partial charge is 0.356 e. The number of benzene rings is 1. The first kappa shape index (κ1) is 28.2. The normalized spacial score (nSPS) is 15.4. The van der Waals surface area contributed by atoms with Gasteiger partial charge >= 0.3 is 5.69 Å². The summed E-state index contributed by atoms with van der Waals surface area (Å²) in [5.41, 5.74) is 0.732. The molecule has 1 fully saturated rings. The van der Waals surface area contributed by atoms with Crippen molar-refractivity contribution in [2.24, 2.45) is 0 Å². The summed E-state index contributed by atoms with van der Waals surface area (Å²) in [5, 5.41) is 0.648. The lowest BCUT2D eigenvalue weighted by Crippen LogP contribution is -2.54. The van der Waals surface area contributed by atoms with Crippen LogP contribution in [-0.2, 0) is 4.79 Å². The Morgan fingerprint density at radius 3 is 2.63 bits per heavy atom. The highest BCUT2D eigenvalue weighted by atomic mass is 35.5. The summed E-state index contributed by atoms with van der Waals surface area (Å²) < 4.78 is 21.8. The Hall–Kier alpha value is -4.38. The van der Waals surface area contributed by atoms with Crippen LogP contribution < -0.4 is 15.3 Å². The van der Waals surface area contributed by atoms with Gasteiger partial charge in [-0.05, 0) is 37.1 Å². The SMILES string of the molecule is C=CC(=O)N1CCN(c2nc(=O)n(-c3c(OC)ncnc3C(C)C)c3nc(-c4ccccc4F)c(Cl)cc23)[C@@H](C)C1. The molecule has 1 aromatic carbocycles. The number of halogens is 2. The Bertz CT molecular complexity index is 1730. The lowest BCUT2D eigenvalue weighted by molar-refractivity contribution is -0.126. The molecule has 0 saturated carbocycles. The van der Waals surface area contributed by atoms with Gasteiger partial charge in [-0.2, -0.15) is 9.97 Å². The number of piperazine rings is 1. The van der Waals surface area contributed by atoms with Crippen LogP contribution in [0.15, 0.2) is 54.1 Å². The van der Waals surface area contributed by atoms with Crippen LogP contribution in [0.5, 0.6) is 5.88 Å². The monoisotopic (exact) mass is 577 g/mol. The molecule has 1 amide bonds. The van der Waals surface area contributed by atoms with Crippen LogP contribution in [-0.4, -0.2) is 68.1 Å². The number of fused-ring (bicyclic) bond motifs is 1. The van der Waals surface area contributed by atoms with Gasteiger partial charge in [-0.15, -0.1) is 0 Å². The zero-order valence-electron chi connectivity index (χ0n) is 23.1. The number of carbonyl (C=O) groups is 1. The Morgan fingerprint density at radius 2 is 1.98 bits per heavy atom. The molecule has 1 aliphatic rings. The number of ether oxygens (including phenoxy) is 1. The summed E-state index contributed by atoms with van der Waals surface area (Å²) in [7, 11) is 1.45. The number of rotatable bonds is 6. The number of pyridine rings is 1. The molecular formula is C29H29ClFN7O3. The zero-order valence-corrected chi connectivity index (χ0v) is 23.9. The molecule has 0 unspecified atom stereocenters. The van der Waals surface area contributed by atoms with Gasteiger partial charge in [-0.1, -0.05) is 44.2 Å². The minimum Gasteiger partial charge on any atom is -0.479 e. The van der Waals surface area contributed by atoms with E-state index in [4.69, 9.17) is 21.3 Å². The second-order valence-corrected chi connectivity index (χ2v) is 10.4. The molecule has 0 aliphatic carbocycles. The standard InChI is InChI=1S/C29H29ClFN7O3/c1-6-22(39)36-11-12-37(17(4)14-36)26-19-13-20(30)24(18-9-7-8-10-21(18)31)34-27(19)38(29(40)35-26)25-23(16(2)3)32-15-33-28(25)41-5/h6-10,13,15-17H,1,11-12,14H2,2-5H3/t17-/m0/s1. The summed E-state index contributed by atoms with van der Waals surface area (Å²) in [5.74, 6) is -0.269. The average Bonchev–Trinajstić information content (AvgIpc) is 2.96. The van der Waals surface area contributed by atoms with Crippen molar-refractivity contribution in [1.82, 2.24) is 29.4 Å². The van der Waals surface area contributed by atoms with Crippen LogP contribution in [0.2, 0.25) is 5.02 Å². The van der Waals surface area contributed by atoms with Crippen molar-refractivity contribution in [1.29, 1.82) is 0 Å². The zero-order chi connectivity index (χ0) is 29.4. The van der Waals surface area contributed by atoms with Gasteiger partial charge < -0.3 is 14.5 Å². The fourth-order valence-electron chi connectivity index (χ4n) is 5.13. The first-order valence-electron chi connectivity index (χ1n) is 13.1.